The van der Waals surface area contributed by atoms with Crippen molar-refractivity contribution >= 4 is 16.9 Å². The summed E-state index contributed by atoms with van der Waals surface area (Å²) in [6.07, 6.45) is 1.98. The van der Waals surface area contributed by atoms with E-state index >= 15 is 0 Å². The van der Waals surface area contributed by atoms with Crippen molar-refractivity contribution in [3.05, 3.63) is 35.0 Å². The molecule has 2 aromatic rings. The van der Waals surface area contributed by atoms with Gasteiger partial charge in [-0.15, -0.1) is 0 Å². The molecule has 1 aromatic heterocycles. The SMILES string of the molecule is Cc1cc(C)c2c(C(C)C)cn(CC(=O)O)c2c1. The summed E-state index contributed by atoms with van der Waals surface area (Å²) in [5.41, 5.74) is 4.64. The Balaban J connectivity index is 2.76. The second-order valence-electron chi connectivity index (χ2n) is 5.24. The highest BCUT2D eigenvalue weighted by atomic mass is 16.4. The summed E-state index contributed by atoms with van der Waals surface area (Å²) in [6, 6.07) is 4.22. The van der Waals surface area contributed by atoms with Crippen LogP contribution >= 0.6 is 0 Å². The summed E-state index contributed by atoms with van der Waals surface area (Å²) in [4.78, 5) is 10.9. The molecule has 96 valence electrons. The van der Waals surface area contributed by atoms with Gasteiger partial charge in [-0.1, -0.05) is 19.9 Å². The molecular weight excluding hydrogens is 226 g/mol. The van der Waals surface area contributed by atoms with Crippen molar-refractivity contribution in [2.75, 3.05) is 0 Å². The van der Waals surface area contributed by atoms with E-state index in [0.717, 1.165) is 5.52 Å². The van der Waals surface area contributed by atoms with Gasteiger partial charge in [0, 0.05) is 17.1 Å². The number of rotatable bonds is 3. The van der Waals surface area contributed by atoms with Gasteiger partial charge in [-0.3, -0.25) is 4.79 Å². The Labute approximate surface area is 107 Å². The molecule has 0 aliphatic heterocycles. The molecule has 0 aliphatic rings. The van der Waals surface area contributed by atoms with Crippen molar-refractivity contribution in [1.29, 1.82) is 0 Å². The van der Waals surface area contributed by atoms with Crippen LogP contribution in [0.3, 0.4) is 0 Å². The molecule has 1 N–H and O–H groups in total. The Morgan fingerprint density at radius 3 is 2.56 bits per heavy atom. The lowest BCUT2D eigenvalue weighted by atomic mass is 9.98. The zero-order valence-electron chi connectivity index (χ0n) is 11.3. The molecule has 1 aromatic carbocycles. The van der Waals surface area contributed by atoms with Gasteiger partial charge in [-0.05, 0) is 42.5 Å². The van der Waals surface area contributed by atoms with Gasteiger partial charge < -0.3 is 9.67 Å². The quantitative estimate of drug-likeness (QED) is 0.899. The van der Waals surface area contributed by atoms with E-state index in [9.17, 15) is 4.79 Å². The number of aliphatic carboxylic acids is 1. The third kappa shape index (κ3) is 2.13. The van der Waals surface area contributed by atoms with Gasteiger partial charge in [0.1, 0.15) is 6.54 Å². The minimum atomic E-state index is -0.804. The van der Waals surface area contributed by atoms with Gasteiger partial charge in [0.05, 0.1) is 0 Å². The van der Waals surface area contributed by atoms with Crippen LogP contribution in [0.2, 0.25) is 0 Å². The number of carboxylic acids is 1. The maximum atomic E-state index is 10.9. The third-order valence-corrected chi connectivity index (χ3v) is 3.28. The van der Waals surface area contributed by atoms with Crippen molar-refractivity contribution in [3.8, 4) is 0 Å². The molecule has 0 radical (unpaired) electrons. The molecule has 0 atom stereocenters. The Morgan fingerprint density at radius 1 is 1.33 bits per heavy atom. The second-order valence-corrected chi connectivity index (χ2v) is 5.24. The highest BCUT2D eigenvalue weighted by Gasteiger charge is 2.15. The van der Waals surface area contributed by atoms with Crippen LogP contribution in [0, 0.1) is 13.8 Å². The predicted molar refractivity (Wildman–Crippen MR) is 73.1 cm³/mol. The third-order valence-electron chi connectivity index (χ3n) is 3.28. The normalized spacial score (nSPS) is 11.4. The summed E-state index contributed by atoms with van der Waals surface area (Å²) in [7, 11) is 0. The van der Waals surface area contributed by atoms with E-state index in [1.165, 1.54) is 22.1 Å². The second kappa shape index (κ2) is 4.48. The average Bonchev–Trinajstić information content (AvgIpc) is 2.56. The molecule has 0 amide bonds. The maximum Gasteiger partial charge on any atom is 0.323 e. The first-order valence-electron chi connectivity index (χ1n) is 6.22. The summed E-state index contributed by atoms with van der Waals surface area (Å²) in [5.74, 6) is -0.412. The first-order valence-corrected chi connectivity index (χ1v) is 6.22. The van der Waals surface area contributed by atoms with Gasteiger partial charge in [-0.25, -0.2) is 0 Å². The van der Waals surface area contributed by atoms with Crippen LogP contribution in [0.25, 0.3) is 10.9 Å². The largest absolute Gasteiger partial charge is 0.480 e. The Hall–Kier alpha value is -1.77. The van der Waals surface area contributed by atoms with Crippen LogP contribution in [-0.4, -0.2) is 15.6 Å². The van der Waals surface area contributed by atoms with Crippen molar-refractivity contribution in [1.82, 2.24) is 4.57 Å². The van der Waals surface area contributed by atoms with Gasteiger partial charge in [0.2, 0.25) is 0 Å². The van der Waals surface area contributed by atoms with E-state index in [1.807, 2.05) is 17.7 Å². The smallest absolute Gasteiger partial charge is 0.323 e. The number of fused-ring (bicyclic) bond motifs is 1. The van der Waals surface area contributed by atoms with Crippen LogP contribution < -0.4 is 0 Å². The Morgan fingerprint density at radius 2 is 2.00 bits per heavy atom. The van der Waals surface area contributed by atoms with Crippen molar-refractivity contribution in [2.45, 2.75) is 40.2 Å². The number of hydrogen-bond acceptors (Lipinski definition) is 1. The summed E-state index contributed by atoms with van der Waals surface area (Å²) >= 11 is 0. The van der Waals surface area contributed by atoms with E-state index in [2.05, 4.69) is 32.9 Å². The van der Waals surface area contributed by atoms with Crippen LogP contribution in [0.15, 0.2) is 18.3 Å². The Kier molecular flexibility index (Phi) is 3.16. The van der Waals surface area contributed by atoms with E-state index in [-0.39, 0.29) is 6.54 Å². The topological polar surface area (TPSA) is 42.2 Å². The highest BCUT2D eigenvalue weighted by molar-refractivity contribution is 5.89. The minimum Gasteiger partial charge on any atom is -0.480 e. The summed E-state index contributed by atoms with van der Waals surface area (Å²) in [5, 5.41) is 10.2. The molecular formula is C15H19NO2. The fourth-order valence-corrected chi connectivity index (χ4v) is 2.56. The molecule has 2 rings (SSSR count). The lowest BCUT2D eigenvalue weighted by Gasteiger charge is -2.06. The maximum absolute atomic E-state index is 10.9. The van der Waals surface area contributed by atoms with E-state index in [4.69, 9.17) is 5.11 Å². The van der Waals surface area contributed by atoms with Crippen molar-refractivity contribution in [3.63, 3.8) is 0 Å². The van der Waals surface area contributed by atoms with Crippen LogP contribution in [0.1, 0.15) is 36.5 Å². The average molecular weight is 245 g/mol. The highest BCUT2D eigenvalue weighted by Crippen LogP contribution is 2.31. The number of benzene rings is 1. The van der Waals surface area contributed by atoms with E-state index in [0.29, 0.717) is 5.92 Å². The van der Waals surface area contributed by atoms with Gasteiger partial charge in [0.25, 0.3) is 0 Å². The molecule has 0 saturated carbocycles. The van der Waals surface area contributed by atoms with Crippen molar-refractivity contribution in [2.24, 2.45) is 0 Å². The number of hydrogen-bond donors (Lipinski definition) is 1. The van der Waals surface area contributed by atoms with Gasteiger partial charge in [0.15, 0.2) is 0 Å². The Bertz CT molecular complexity index is 608. The lowest BCUT2D eigenvalue weighted by Crippen LogP contribution is -2.07. The molecule has 0 spiro atoms. The molecule has 3 nitrogen and oxygen atoms in total. The number of carboxylic acid groups (broad SMARTS) is 1. The van der Waals surface area contributed by atoms with Crippen LogP contribution in [0.4, 0.5) is 0 Å². The standard InChI is InChI=1S/C15H19NO2/c1-9(2)12-7-16(8-14(17)18)13-6-10(3)5-11(4)15(12)13/h5-7,9H,8H2,1-4H3,(H,17,18). The minimum absolute atomic E-state index is 0.0200. The number of nitrogens with zero attached hydrogens (tertiary/aromatic N) is 1. The van der Waals surface area contributed by atoms with Crippen LogP contribution in [0.5, 0.6) is 0 Å². The van der Waals surface area contributed by atoms with Crippen LogP contribution in [-0.2, 0) is 11.3 Å². The zero-order chi connectivity index (χ0) is 13.4. The molecule has 1 heterocycles. The van der Waals surface area contributed by atoms with Crippen molar-refractivity contribution < 1.29 is 9.90 Å². The molecule has 3 heteroatoms. The number of carbonyl (C=O) groups is 1. The molecule has 0 aliphatic carbocycles. The monoisotopic (exact) mass is 245 g/mol. The molecule has 18 heavy (non-hydrogen) atoms. The van der Waals surface area contributed by atoms with Gasteiger partial charge in [-0.2, -0.15) is 0 Å². The number of aromatic nitrogens is 1. The summed E-state index contributed by atoms with van der Waals surface area (Å²) in [6.45, 7) is 8.43. The summed E-state index contributed by atoms with van der Waals surface area (Å²) < 4.78 is 1.84. The lowest BCUT2D eigenvalue weighted by molar-refractivity contribution is -0.137. The van der Waals surface area contributed by atoms with E-state index < -0.39 is 5.97 Å². The number of aryl methyl sites for hydroxylation is 2. The fourth-order valence-electron chi connectivity index (χ4n) is 2.56. The zero-order valence-corrected chi connectivity index (χ0v) is 11.3. The molecule has 0 fully saturated rings. The first kappa shape index (κ1) is 12.7. The fraction of sp³-hybridized carbons (Fsp3) is 0.400. The molecule has 0 saturated heterocycles. The molecule has 0 bridgehead atoms. The van der Waals surface area contributed by atoms with Gasteiger partial charge >= 0.3 is 5.97 Å². The molecule has 0 unspecified atom stereocenters. The van der Waals surface area contributed by atoms with E-state index in [1.54, 1.807) is 0 Å². The first-order chi connectivity index (χ1) is 8.40. The predicted octanol–water partition coefficient (Wildman–Crippen LogP) is 3.47.